The van der Waals surface area contributed by atoms with Crippen LogP contribution < -0.4 is 0 Å². The van der Waals surface area contributed by atoms with Crippen molar-refractivity contribution in [2.75, 3.05) is 53.1 Å². The number of carbonyl (C=O) groups is 4. The predicted molar refractivity (Wildman–Crippen MR) is 268 cm³/mol. The molecule has 16 nitrogen and oxygen atoms in total. The van der Waals surface area contributed by atoms with Crippen LogP contribution in [0.15, 0.2) is 97.7 Å². The van der Waals surface area contributed by atoms with Gasteiger partial charge in [-0.1, -0.05) is 24.3 Å². The smallest absolute Gasteiger partial charge is 0.304 e. The molecule has 3 aromatic heterocycles. The number of nitrogens with zero attached hydrogens (tertiary/aromatic N) is 6. The van der Waals surface area contributed by atoms with Crippen LogP contribution in [-0.4, -0.2) is 117 Å². The van der Waals surface area contributed by atoms with Crippen LogP contribution in [0.3, 0.4) is 0 Å². The van der Waals surface area contributed by atoms with E-state index in [4.69, 9.17) is 28.9 Å². The number of ether oxygens (including phenoxy) is 4. The van der Waals surface area contributed by atoms with Gasteiger partial charge in [-0.25, -0.2) is 9.97 Å². The molecule has 0 saturated heterocycles. The lowest BCUT2D eigenvalue weighted by Crippen LogP contribution is -2.24. The SMILES string of the molecule is CC(=O)OCN1C=CC(c2c3nc(c(C4=CCN(COC(C)=O)C=C4)c4ccc([nH]4)c(C4=CCN(COC(C)=O)C=C4)c4nc(c(C5=CCN(COC(C)=O)C=C5)c5ccc2[nH]5)C=C4)C=C3)=CC1.Cl. The topological polar surface area (TPSA) is 176 Å². The summed E-state index contributed by atoms with van der Waals surface area (Å²) in [4.78, 5) is 72.6. The van der Waals surface area contributed by atoms with Crippen LogP contribution in [0.25, 0.3) is 68.7 Å². The van der Waals surface area contributed by atoms with E-state index in [1.54, 1.807) is 0 Å². The molecule has 0 saturated carbocycles. The maximum absolute atomic E-state index is 11.6. The Bertz CT molecular complexity index is 2690. The molecule has 0 fully saturated rings. The maximum Gasteiger partial charge on any atom is 0.304 e. The normalized spacial score (nSPS) is 15.8. The van der Waals surface area contributed by atoms with Crippen molar-refractivity contribution >= 4 is 105 Å². The number of aromatic amines is 2. The van der Waals surface area contributed by atoms with Gasteiger partial charge in [-0.3, -0.25) is 19.2 Å². The zero-order valence-corrected chi connectivity index (χ0v) is 39.4. The number of fused-ring (bicyclic) bond motifs is 8. The van der Waals surface area contributed by atoms with Gasteiger partial charge in [0, 0.05) is 123 Å². The molecule has 0 atom stereocenters. The molecule has 9 heterocycles. The van der Waals surface area contributed by atoms with Crippen molar-refractivity contribution in [2.45, 2.75) is 27.7 Å². The second-order valence-electron chi connectivity index (χ2n) is 16.5. The number of nitrogens with one attached hydrogen (secondary N) is 2. The van der Waals surface area contributed by atoms with Crippen molar-refractivity contribution in [3.63, 3.8) is 0 Å². The number of halogens is 1. The van der Waals surface area contributed by atoms with Crippen molar-refractivity contribution < 1.29 is 38.1 Å². The molecule has 0 unspecified atom stereocenters. The van der Waals surface area contributed by atoms with Gasteiger partial charge >= 0.3 is 23.9 Å². The van der Waals surface area contributed by atoms with Crippen LogP contribution in [0, 0.1) is 0 Å². The van der Waals surface area contributed by atoms with Crippen molar-refractivity contribution in [3.05, 3.63) is 143 Å². The number of hydrogen-bond acceptors (Lipinski definition) is 14. The fourth-order valence-corrected chi connectivity index (χ4v) is 8.36. The largest absolute Gasteiger partial charge is 0.444 e. The van der Waals surface area contributed by atoms with E-state index in [0.29, 0.717) is 26.2 Å². The van der Waals surface area contributed by atoms with Crippen molar-refractivity contribution in [1.82, 2.24) is 39.5 Å². The van der Waals surface area contributed by atoms with Gasteiger partial charge in [-0.2, -0.15) is 0 Å². The van der Waals surface area contributed by atoms with E-state index in [2.05, 4.69) is 58.5 Å². The second-order valence-corrected chi connectivity index (χ2v) is 16.5. The maximum atomic E-state index is 11.6. The molecule has 0 spiro atoms. The molecule has 9 rings (SSSR count). The molecular weight excluding hydrogens is 900 g/mol. The summed E-state index contributed by atoms with van der Waals surface area (Å²) in [6.45, 7) is 8.09. The molecule has 8 bridgehead atoms. The molecule has 6 aliphatic rings. The van der Waals surface area contributed by atoms with Gasteiger partial charge in [0.15, 0.2) is 26.9 Å². The standard InChI is InChI=1S/C52H50N8O8.ClH/c1-33(61)65-29-57-21-13-37(14-22-57)49-41-5-7-43(53-41)50(38-15-23-58(24-16-38)30-66-34(2)62)45-9-11-47(55-45)52(40-19-27-60(28-20-40)32-68-36(4)64)48-12-10-46(56-48)51(44-8-6-42(49)54-44)39-17-25-59(26-18-39)31-67-35(3)63;/h5-21,23,25,27,53,56H,22,24,26,28-32H2,1-4H3;1H. The molecule has 69 heavy (non-hydrogen) atoms. The minimum absolute atomic E-state index is 0. The third-order valence-electron chi connectivity index (χ3n) is 11.7. The molecule has 354 valence electrons. The summed E-state index contributed by atoms with van der Waals surface area (Å²) in [6.07, 6.45) is 32.2. The van der Waals surface area contributed by atoms with E-state index in [0.717, 1.165) is 89.4 Å². The van der Waals surface area contributed by atoms with Crippen LogP contribution in [0.2, 0.25) is 0 Å². The molecule has 0 aromatic carbocycles. The van der Waals surface area contributed by atoms with E-state index in [1.165, 1.54) is 27.7 Å². The summed E-state index contributed by atoms with van der Waals surface area (Å²) < 4.78 is 21.2. The zero-order chi connectivity index (χ0) is 47.3. The lowest BCUT2D eigenvalue weighted by Gasteiger charge is -2.22. The van der Waals surface area contributed by atoms with Gasteiger partial charge in [-0.15, -0.1) is 12.4 Å². The molecule has 0 amide bonds. The number of hydrogen-bond donors (Lipinski definition) is 2. The Balaban J connectivity index is 0.00000642. The highest BCUT2D eigenvalue weighted by atomic mass is 35.5. The predicted octanol–water partition coefficient (Wildman–Crippen LogP) is 8.01. The molecular formula is C52H51ClN8O8. The first-order valence-corrected chi connectivity index (χ1v) is 22.2. The Morgan fingerprint density at radius 3 is 0.841 bits per heavy atom. The van der Waals surface area contributed by atoms with Crippen LogP contribution in [0.1, 0.15) is 72.7 Å². The first-order chi connectivity index (χ1) is 32.9. The number of rotatable bonds is 12. The summed E-state index contributed by atoms with van der Waals surface area (Å²) in [7, 11) is 0. The van der Waals surface area contributed by atoms with E-state index in [1.807, 2.05) is 93.0 Å². The van der Waals surface area contributed by atoms with Gasteiger partial charge < -0.3 is 48.5 Å². The molecule has 6 aliphatic heterocycles. The average Bonchev–Trinajstić information content (AvgIpc) is 4.19. The summed E-state index contributed by atoms with van der Waals surface area (Å²) in [5.41, 5.74) is 13.5. The number of allylic oxidation sites excluding steroid dienone is 8. The number of aromatic nitrogens is 4. The van der Waals surface area contributed by atoms with E-state index >= 15 is 0 Å². The number of esters is 4. The highest BCUT2D eigenvalue weighted by Crippen LogP contribution is 2.37. The fourth-order valence-electron chi connectivity index (χ4n) is 8.36. The van der Waals surface area contributed by atoms with Crippen LogP contribution in [0.5, 0.6) is 0 Å². The van der Waals surface area contributed by atoms with Gasteiger partial charge in [0.1, 0.15) is 0 Å². The fraction of sp³-hybridized carbons (Fsp3) is 0.231. The third-order valence-corrected chi connectivity index (χ3v) is 11.7. The van der Waals surface area contributed by atoms with Crippen molar-refractivity contribution in [2.24, 2.45) is 0 Å². The molecule has 0 radical (unpaired) electrons. The first kappa shape index (κ1) is 47.4. The zero-order valence-electron chi connectivity index (χ0n) is 38.6. The Morgan fingerprint density at radius 1 is 0.420 bits per heavy atom. The number of H-pyrrole nitrogens is 2. The summed E-state index contributed by atoms with van der Waals surface area (Å²) >= 11 is 0. The molecule has 17 heteroatoms. The lowest BCUT2D eigenvalue weighted by molar-refractivity contribution is -0.145. The third kappa shape index (κ3) is 10.9. The minimum Gasteiger partial charge on any atom is -0.444 e. The lowest BCUT2D eigenvalue weighted by atomic mass is 10.0. The van der Waals surface area contributed by atoms with Crippen LogP contribution in [0.4, 0.5) is 0 Å². The Kier molecular flexibility index (Phi) is 14.3. The van der Waals surface area contributed by atoms with Crippen molar-refractivity contribution in [3.8, 4) is 0 Å². The highest BCUT2D eigenvalue weighted by molar-refractivity contribution is 5.99. The Morgan fingerprint density at radius 2 is 0.652 bits per heavy atom. The van der Waals surface area contributed by atoms with Crippen LogP contribution >= 0.6 is 12.4 Å². The average molecular weight is 951 g/mol. The van der Waals surface area contributed by atoms with E-state index in [9.17, 15) is 19.2 Å². The van der Waals surface area contributed by atoms with Crippen molar-refractivity contribution in [1.29, 1.82) is 0 Å². The van der Waals surface area contributed by atoms with Gasteiger partial charge in [0.2, 0.25) is 0 Å². The Hall–Kier alpha value is -8.11. The quantitative estimate of drug-likeness (QED) is 0.0909. The van der Waals surface area contributed by atoms with E-state index < -0.39 is 0 Å². The summed E-state index contributed by atoms with van der Waals surface area (Å²) in [6, 6.07) is 8.24. The van der Waals surface area contributed by atoms with Crippen LogP contribution in [-0.2, 0) is 38.1 Å². The van der Waals surface area contributed by atoms with E-state index in [-0.39, 0.29) is 63.2 Å². The highest BCUT2D eigenvalue weighted by Gasteiger charge is 2.23. The first-order valence-electron chi connectivity index (χ1n) is 22.2. The monoisotopic (exact) mass is 950 g/mol. The molecule has 3 aromatic rings. The second kappa shape index (κ2) is 20.8. The number of carbonyl (C=O) groups excluding carboxylic acids is 4. The minimum atomic E-state index is -0.353. The summed E-state index contributed by atoms with van der Waals surface area (Å²) in [5, 5.41) is 0. The van der Waals surface area contributed by atoms with Gasteiger partial charge in [0.25, 0.3) is 0 Å². The summed E-state index contributed by atoms with van der Waals surface area (Å²) in [5.74, 6) is -1.41. The van der Waals surface area contributed by atoms with Gasteiger partial charge in [-0.05, 0) is 95.2 Å². The Labute approximate surface area is 404 Å². The van der Waals surface area contributed by atoms with Gasteiger partial charge in [0.05, 0.1) is 22.8 Å². The molecule has 2 N–H and O–H groups in total. The molecule has 0 aliphatic carbocycles.